The summed E-state index contributed by atoms with van der Waals surface area (Å²) in [5.74, 6) is 0.545. The zero-order chi connectivity index (χ0) is 9.10. The summed E-state index contributed by atoms with van der Waals surface area (Å²) in [6.07, 6.45) is 1.76. The minimum absolute atomic E-state index is 0.545. The van der Waals surface area contributed by atoms with Crippen molar-refractivity contribution in [3.8, 4) is 11.1 Å². The maximum absolute atomic E-state index is 5.49. The van der Waals surface area contributed by atoms with Gasteiger partial charge in [0.2, 0.25) is 0 Å². The van der Waals surface area contributed by atoms with Crippen LogP contribution in [-0.4, -0.2) is 4.98 Å². The molecule has 0 aliphatic heterocycles. The van der Waals surface area contributed by atoms with E-state index in [1.165, 1.54) is 0 Å². The molecule has 63 valence electrons. The molecular weight excluding hydrogens is 160 g/mol. The molecule has 0 fully saturated rings. The van der Waals surface area contributed by atoms with Gasteiger partial charge in [-0.05, 0) is 29.8 Å². The fourth-order valence-corrected chi connectivity index (χ4v) is 1.15. The normalized spacial score (nSPS) is 9.85. The number of hydrogen-bond acceptors (Lipinski definition) is 2. The lowest BCUT2D eigenvalue weighted by Gasteiger charge is -1.99. The third-order valence-electron chi connectivity index (χ3n) is 1.83. The van der Waals surface area contributed by atoms with E-state index in [-0.39, 0.29) is 0 Å². The van der Waals surface area contributed by atoms with E-state index in [1.54, 1.807) is 12.3 Å². The van der Waals surface area contributed by atoms with E-state index < -0.39 is 0 Å². The maximum atomic E-state index is 5.49. The monoisotopic (exact) mass is 169 g/mol. The van der Waals surface area contributed by atoms with Crippen LogP contribution in [0.3, 0.4) is 0 Å². The summed E-state index contributed by atoms with van der Waals surface area (Å²) in [6.45, 7) is 0. The highest BCUT2D eigenvalue weighted by molar-refractivity contribution is 5.62. The first-order valence-electron chi connectivity index (χ1n) is 4.04. The van der Waals surface area contributed by atoms with Gasteiger partial charge in [0.15, 0.2) is 0 Å². The van der Waals surface area contributed by atoms with E-state index in [1.807, 2.05) is 30.3 Å². The molecule has 2 aromatic rings. The molecule has 0 amide bonds. The summed E-state index contributed by atoms with van der Waals surface area (Å²) in [5.41, 5.74) is 7.65. The number of benzene rings is 1. The zero-order valence-corrected chi connectivity index (χ0v) is 7.07. The molecule has 2 nitrogen and oxygen atoms in total. The third-order valence-corrected chi connectivity index (χ3v) is 1.83. The summed E-state index contributed by atoms with van der Waals surface area (Å²) in [4.78, 5) is 4.02. The Kier molecular flexibility index (Phi) is 1.96. The highest BCUT2D eigenvalue weighted by Gasteiger charge is 1.95. The molecule has 2 N–H and O–H groups in total. The van der Waals surface area contributed by atoms with Gasteiger partial charge in [0, 0.05) is 11.8 Å². The summed E-state index contributed by atoms with van der Waals surface area (Å²) >= 11 is 0. The second-order valence-corrected chi connectivity index (χ2v) is 2.76. The van der Waals surface area contributed by atoms with E-state index in [2.05, 4.69) is 11.1 Å². The van der Waals surface area contributed by atoms with Crippen molar-refractivity contribution in [2.75, 3.05) is 5.73 Å². The lowest BCUT2D eigenvalue weighted by atomic mass is 10.1. The number of nitrogens with two attached hydrogens (primary N) is 1. The van der Waals surface area contributed by atoms with E-state index in [9.17, 15) is 0 Å². The van der Waals surface area contributed by atoms with Crippen LogP contribution in [0.1, 0.15) is 0 Å². The minimum Gasteiger partial charge on any atom is -0.384 e. The van der Waals surface area contributed by atoms with E-state index >= 15 is 0 Å². The Bertz CT molecular complexity index is 379. The van der Waals surface area contributed by atoms with Gasteiger partial charge in [-0.1, -0.05) is 18.2 Å². The van der Waals surface area contributed by atoms with Crippen molar-refractivity contribution in [2.24, 2.45) is 0 Å². The quantitative estimate of drug-likeness (QED) is 0.710. The van der Waals surface area contributed by atoms with Gasteiger partial charge in [-0.2, -0.15) is 0 Å². The Morgan fingerprint density at radius 3 is 2.69 bits per heavy atom. The number of anilines is 1. The van der Waals surface area contributed by atoms with Crippen molar-refractivity contribution >= 4 is 5.82 Å². The maximum Gasteiger partial charge on any atom is 0.123 e. The smallest absolute Gasteiger partial charge is 0.123 e. The molecule has 2 rings (SSSR count). The number of nitrogen functional groups attached to an aromatic ring is 1. The molecule has 1 heterocycles. The first kappa shape index (κ1) is 7.80. The average molecular weight is 169 g/mol. The Morgan fingerprint density at radius 2 is 2.08 bits per heavy atom. The van der Waals surface area contributed by atoms with Gasteiger partial charge in [-0.15, -0.1) is 0 Å². The van der Waals surface area contributed by atoms with Crippen molar-refractivity contribution in [1.82, 2.24) is 4.98 Å². The van der Waals surface area contributed by atoms with Crippen LogP contribution in [0.2, 0.25) is 0 Å². The van der Waals surface area contributed by atoms with Crippen LogP contribution in [0.25, 0.3) is 11.1 Å². The second kappa shape index (κ2) is 3.27. The highest BCUT2D eigenvalue weighted by atomic mass is 14.8. The van der Waals surface area contributed by atoms with E-state index in [0.29, 0.717) is 5.82 Å². The van der Waals surface area contributed by atoms with Crippen molar-refractivity contribution < 1.29 is 0 Å². The standard InChI is InChI=1S/C11H9N2/c12-11-7-6-10(8-13-11)9-4-2-1-3-5-9/h1-2,4-8H,(H2,12,13). The van der Waals surface area contributed by atoms with Gasteiger partial charge in [-0.25, -0.2) is 4.98 Å². The highest BCUT2D eigenvalue weighted by Crippen LogP contribution is 2.17. The van der Waals surface area contributed by atoms with Crippen LogP contribution in [0.15, 0.2) is 42.6 Å². The number of rotatable bonds is 1. The first-order valence-corrected chi connectivity index (χ1v) is 4.04. The first-order chi connectivity index (χ1) is 6.36. The molecular formula is C11H9N2. The fourth-order valence-electron chi connectivity index (χ4n) is 1.15. The van der Waals surface area contributed by atoms with Gasteiger partial charge >= 0.3 is 0 Å². The molecule has 2 heteroatoms. The van der Waals surface area contributed by atoms with Crippen LogP contribution in [0, 0.1) is 6.07 Å². The van der Waals surface area contributed by atoms with Crippen LogP contribution in [-0.2, 0) is 0 Å². The van der Waals surface area contributed by atoms with Gasteiger partial charge in [0.05, 0.1) is 0 Å². The molecule has 1 aromatic heterocycles. The third kappa shape index (κ3) is 1.67. The molecule has 13 heavy (non-hydrogen) atoms. The van der Waals surface area contributed by atoms with Crippen molar-refractivity contribution in [2.45, 2.75) is 0 Å². The number of aromatic nitrogens is 1. The van der Waals surface area contributed by atoms with Gasteiger partial charge in [-0.3, -0.25) is 0 Å². The minimum atomic E-state index is 0.545. The van der Waals surface area contributed by atoms with Gasteiger partial charge in [0.1, 0.15) is 5.82 Å². The van der Waals surface area contributed by atoms with Crippen LogP contribution >= 0.6 is 0 Å². The number of pyridine rings is 1. The molecule has 0 saturated heterocycles. The topological polar surface area (TPSA) is 38.9 Å². The van der Waals surface area contributed by atoms with Crippen molar-refractivity contribution in [3.63, 3.8) is 0 Å². The Labute approximate surface area is 77.0 Å². The molecule has 1 radical (unpaired) electrons. The summed E-state index contributed by atoms with van der Waals surface area (Å²) in [7, 11) is 0. The lowest BCUT2D eigenvalue weighted by Crippen LogP contribution is -1.88. The Balaban J connectivity index is 2.42. The van der Waals surface area contributed by atoms with Crippen molar-refractivity contribution in [1.29, 1.82) is 0 Å². The number of hydrogen-bond donors (Lipinski definition) is 1. The number of nitrogens with zero attached hydrogens (tertiary/aromatic N) is 1. The molecule has 0 bridgehead atoms. The summed E-state index contributed by atoms with van der Waals surface area (Å²) < 4.78 is 0. The van der Waals surface area contributed by atoms with E-state index in [0.717, 1.165) is 11.1 Å². The predicted molar refractivity (Wildman–Crippen MR) is 52.9 cm³/mol. The summed E-state index contributed by atoms with van der Waals surface area (Å²) in [5, 5.41) is 0. The molecule has 1 aromatic carbocycles. The average Bonchev–Trinajstić information content (AvgIpc) is 2.20. The molecule has 0 aliphatic carbocycles. The van der Waals surface area contributed by atoms with Crippen molar-refractivity contribution in [3.05, 3.63) is 48.7 Å². The summed E-state index contributed by atoms with van der Waals surface area (Å²) in [6, 6.07) is 14.5. The SMILES string of the molecule is Nc1ccc(-c2c[c]ccc2)cn1. The molecule has 0 spiro atoms. The van der Waals surface area contributed by atoms with E-state index in [4.69, 9.17) is 5.73 Å². The Hall–Kier alpha value is -1.83. The molecule has 0 saturated carbocycles. The molecule has 0 atom stereocenters. The Morgan fingerprint density at radius 1 is 1.15 bits per heavy atom. The van der Waals surface area contributed by atoms with Crippen LogP contribution < -0.4 is 5.73 Å². The fraction of sp³-hybridized carbons (Fsp3) is 0. The second-order valence-electron chi connectivity index (χ2n) is 2.76. The van der Waals surface area contributed by atoms with Gasteiger partial charge < -0.3 is 5.73 Å². The van der Waals surface area contributed by atoms with Crippen LogP contribution in [0.4, 0.5) is 5.82 Å². The predicted octanol–water partition coefficient (Wildman–Crippen LogP) is 2.13. The molecule has 0 unspecified atom stereocenters. The van der Waals surface area contributed by atoms with Gasteiger partial charge in [0.25, 0.3) is 0 Å². The lowest BCUT2D eigenvalue weighted by molar-refractivity contribution is 1.34. The molecule has 0 aliphatic rings. The van der Waals surface area contributed by atoms with Crippen LogP contribution in [0.5, 0.6) is 0 Å². The largest absolute Gasteiger partial charge is 0.384 e. The zero-order valence-electron chi connectivity index (χ0n) is 7.07.